The van der Waals surface area contributed by atoms with Gasteiger partial charge in [0.1, 0.15) is 11.3 Å². The fourth-order valence-corrected chi connectivity index (χ4v) is 1.96. The summed E-state index contributed by atoms with van der Waals surface area (Å²) in [7, 11) is 0. The third-order valence-corrected chi connectivity index (χ3v) is 3.31. The average molecular weight is 289 g/mol. The molecule has 21 heavy (non-hydrogen) atoms. The number of nitrogens with one attached hydrogen (secondary N) is 1. The molecule has 1 atom stereocenters. The number of hydrogen-bond donors (Lipinski definition) is 1. The minimum Gasteiger partial charge on any atom is -0.484 e. The number of hydrogen-bond acceptors (Lipinski definition) is 4. The van der Waals surface area contributed by atoms with Crippen LogP contribution in [0.5, 0.6) is 5.75 Å². The third-order valence-electron chi connectivity index (χ3n) is 3.31. The molecule has 0 bridgehead atoms. The quantitative estimate of drug-likeness (QED) is 0.858. The number of fused-ring (bicyclic) bond motifs is 1. The Morgan fingerprint density at radius 2 is 2.14 bits per heavy atom. The van der Waals surface area contributed by atoms with Gasteiger partial charge in [0.15, 0.2) is 6.61 Å². The zero-order valence-corrected chi connectivity index (χ0v) is 12.4. The number of rotatable bonds is 5. The molecule has 1 N–H and O–H groups in total. The van der Waals surface area contributed by atoms with Crippen LogP contribution in [0.25, 0.3) is 11.0 Å². The molecular formula is C16H19NO4. The third kappa shape index (κ3) is 3.84. The number of carbonyl (C=O) groups excluding carboxylic acids is 1. The van der Waals surface area contributed by atoms with Gasteiger partial charge in [0, 0.05) is 23.6 Å². The van der Waals surface area contributed by atoms with Crippen LogP contribution in [0.15, 0.2) is 33.5 Å². The van der Waals surface area contributed by atoms with Gasteiger partial charge in [-0.2, -0.15) is 0 Å². The molecule has 0 unspecified atom stereocenters. The molecule has 0 saturated heterocycles. The molecule has 0 aliphatic rings. The van der Waals surface area contributed by atoms with E-state index >= 15 is 0 Å². The van der Waals surface area contributed by atoms with Crippen LogP contribution >= 0.6 is 0 Å². The van der Waals surface area contributed by atoms with Gasteiger partial charge in [-0.1, -0.05) is 6.92 Å². The van der Waals surface area contributed by atoms with Crippen molar-refractivity contribution in [3.63, 3.8) is 0 Å². The summed E-state index contributed by atoms with van der Waals surface area (Å²) in [5.74, 6) is 0.325. The van der Waals surface area contributed by atoms with Crippen molar-refractivity contribution in [3.05, 3.63) is 40.2 Å². The zero-order chi connectivity index (χ0) is 15.4. The van der Waals surface area contributed by atoms with Crippen LogP contribution in [-0.2, 0) is 4.79 Å². The van der Waals surface area contributed by atoms with Gasteiger partial charge in [-0.05, 0) is 38.0 Å². The first kappa shape index (κ1) is 15.1. The number of ether oxygens (including phenoxy) is 1. The van der Waals surface area contributed by atoms with E-state index in [-0.39, 0.29) is 18.6 Å². The van der Waals surface area contributed by atoms with Crippen LogP contribution in [0.4, 0.5) is 0 Å². The second kappa shape index (κ2) is 6.43. The lowest BCUT2D eigenvalue weighted by Gasteiger charge is -2.12. The van der Waals surface area contributed by atoms with Crippen molar-refractivity contribution < 1.29 is 13.9 Å². The Morgan fingerprint density at radius 1 is 1.38 bits per heavy atom. The molecule has 1 aromatic heterocycles. The number of carbonyl (C=O) groups is 1. The van der Waals surface area contributed by atoms with E-state index in [1.54, 1.807) is 12.1 Å². The lowest BCUT2D eigenvalue weighted by Crippen LogP contribution is -2.35. The average Bonchev–Trinajstić information content (AvgIpc) is 2.44. The normalized spacial score (nSPS) is 12.1. The molecule has 1 amide bonds. The predicted octanol–water partition coefficient (Wildman–Crippen LogP) is 2.39. The van der Waals surface area contributed by atoms with Crippen LogP contribution in [-0.4, -0.2) is 18.6 Å². The predicted molar refractivity (Wildman–Crippen MR) is 80.6 cm³/mol. The summed E-state index contributed by atoms with van der Waals surface area (Å²) in [6, 6.07) is 6.77. The fourth-order valence-electron chi connectivity index (χ4n) is 1.96. The minimum absolute atomic E-state index is 0.0636. The topological polar surface area (TPSA) is 68.5 Å². The molecule has 2 rings (SSSR count). The van der Waals surface area contributed by atoms with Crippen LogP contribution in [0.1, 0.15) is 25.8 Å². The van der Waals surface area contributed by atoms with Crippen LogP contribution in [0, 0.1) is 6.92 Å². The van der Waals surface area contributed by atoms with Gasteiger partial charge in [-0.25, -0.2) is 4.79 Å². The first-order valence-corrected chi connectivity index (χ1v) is 6.96. The van der Waals surface area contributed by atoms with Crippen molar-refractivity contribution in [3.8, 4) is 5.75 Å². The van der Waals surface area contributed by atoms with Gasteiger partial charge in [0.25, 0.3) is 5.91 Å². The molecule has 112 valence electrons. The second-order valence-electron chi connectivity index (χ2n) is 5.07. The van der Waals surface area contributed by atoms with Crippen molar-refractivity contribution in [1.29, 1.82) is 0 Å². The van der Waals surface area contributed by atoms with E-state index in [9.17, 15) is 9.59 Å². The Labute approximate surface area is 122 Å². The molecule has 5 nitrogen and oxygen atoms in total. The van der Waals surface area contributed by atoms with Crippen molar-refractivity contribution in [2.24, 2.45) is 0 Å². The molecule has 0 saturated carbocycles. The first-order valence-electron chi connectivity index (χ1n) is 6.96. The first-order chi connectivity index (χ1) is 9.99. The van der Waals surface area contributed by atoms with Crippen molar-refractivity contribution in [1.82, 2.24) is 5.32 Å². The highest BCUT2D eigenvalue weighted by Gasteiger charge is 2.08. The van der Waals surface area contributed by atoms with Gasteiger partial charge in [0.05, 0.1) is 0 Å². The molecule has 5 heteroatoms. The van der Waals surface area contributed by atoms with E-state index in [0.717, 1.165) is 17.4 Å². The smallest absolute Gasteiger partial charge is 0.336 e. The summed E-state index contributed by atoms with van der Waals surface area (Å²) in [6.45, 7) is 5.72. The SMILES string of the molecule is CC[C@H](C)NC(=O)COc1ccc2c(C)cc(=O)oc2c1. The highest BCUT2D eigenvalue weighted by Crippen LogP contribution is 2.22. The highest BCUT2D eigenvalue weighted by molar-refractivity contribution is 5.81. The maximum atomic E-state index is 11.6. The zero-order valence-electron chi connectivity index (χ0n) is 12.4. The lowest BCUT2D eigenvalue weighted by molar-refractivity contribution is -0.123. The number of amides is 1. The van der Waals surface area contributed by atoms with Gasteiger partial charge in [-0.15, -0.1) is 0 Å². The van der Waals surface area contributed by atoms with E-state index in [1.165, 1.54) is 6.07 Å². The standard InChI is InChI=1S/C16H19NO4/c1-4-11(3)17-15(18)9-20-12-5-6-13-10(2)7-16(19)21-14(13)8-12/h5-8,11H,4,9H2,1-3H3,(H,17,18)/t11-/m0/s1. The Bertz CT molecular complexity index is 705. The fraction of sp³-hybridized carbons (Fsp3) is 0.375. The van der Waals surface area contributed by atoms with E-state index in [4.69, 9.17) is 9.15 Å². The molecule has 0 aliphatic carbocycles. The minimum atomic E-state index is -0.397. The monoisotopic (exact) mass is 289 g/mol. The molecule has 0 radical (unpaired) electrons. The van der Waals surface area contributed by atoms with E-state index < -0.39 is 5.63 Å². The van der Waals surface area contributed by atoms with Gasteiger partial charge >= 0.3 is 5.63 Å². The van der Waals surface area contributed by atoms with Gasteiger partial charge in [-0.3, -0.25) is 4.79 Å². The maximum Gasteiger partial charge on any atom is 0.336 e. The summed E-state index contributed by atoms with van der Waals surface area (Å²) in [5.41, 5.74) is 0.911. The molecule has 2 aromatic rings. The van der Waals surface area contributed by atoms with E-state index in [2.05, 4.69) is 5.32 Å². The van der Waals surface area contributed by atoms with Crippen LogP contribution < -0.4 is 15.7 Å². The summed E-state index contributed by atoms with van der Waals surface area (Å²) in [6.07, 6.45) is 0.867. The number of aryl methyl sites for hydroxylation is 1. The summed E-state index contributed by atoms with van der Waals surface area (Å²) >= 11 is 0. The molecule has 1 aromatic carbocycles. The van der Waals surface area contributed by atoms with Crippen molar-refractivity contribution in [2.45, 2.75) is 33.2 Å². The van der Waals surface area contributed by atoms with E-state index in [1.807, 2.05) is 26.8 Å². The molecule has 0 fully saturated rings. The summed E-state index contributed by atoms with van der Waals surface area (Å²) in [5, 5.41) is 3.67. The lowest BCUT2D eigenvalue weighted by atomic mass is 10.1. The molecular weight excluding hydrogens is 270 g/mol. The van der Waals surface area contributed by atoms with Crippen LogP contribution in [0.2, 0.25) is 0 Å². The second-order valence-corrected chi connectivity index (χ2v) is 5.07. The van der Waals surface area contributed by atoms with Gasteiger partial charge < -0.3 is 14.5 Å². The molecule has 1 heterocycles. The Balaban J connectivity index is 2.10. The largest absolute Gasteiger partial charge is 0.484 e. The molecule has 0 aliphatic heterocycles. The van der Waals surface area contributed by atoms with Crippen molar-refractivity contribution in [2.75, 3.05) is 6.61 Å². The Kier molecular flexibility index (Phi) is 4.62. The maximum absolute atomic E-state index is 11.6. The summed E-state index contributed by atoms with van der Waals surface area (Å²) in [4.78, 5) is 23.0. The number of benzene rings is 1. The van der Waals surface area contributed by atoms with Crippen LogP contribution in [0.3, 0.4) is 0 Å². The van der Waals surface area contributed by atoms with Crippen molar-refractivity contribution >= 4 is 16.9 Å². The van der Waals surface area contributed by atoms with E-state index in [0.29, 0.717) is 11.3 Å². The Hall–Kier alpha value is -2.30. The van der Waals surface area contributed by atoms with Gasteiger partial charge in [0.2, 0.25) is 0 Å². The highest BCUT2D eigenvalue weighted by atomic mass is 16.5. The molecule has 0 spiro atoms. The Morgan fingerprint density at radius 3 is 2.86 bits per heavy atom. The summed E-state index contributed by atoms with van der Waals surface area (Å²) < 4.78 is 10.6.